The first kappa shape index (κ1) is 58.0. The zero-order valence-electron chi connectivity index (χ0n) is 52.8. The summed E-state index contributed by atoms with van der Waals surface area (Å²) in [6.45, 7) is 0. The highest BCUT2D eigenvalue weighted by Gasteiger charge is 2.23. The summed E-state index contributed by atoms with van der Waals surface area (Å²) in [5.74, 6) is 1.24. The van der Waals surface area contributed by atoms with Crippen molar-refractivity contribution in [3.63, 3.8) is 0 Å². The topological polar surface area (TPSA) is 120 Å². The van der Waals surface area contributed by atoms with E-state index in [0.717, 1.165) is 138 Å². The van der Waals surface area contributed by atoms with Crippen LogP contribution in [0.25, 0.3) is 167 Å². The number of aromatic nitrogens is 5. The Morgan fingerprint density at radius 1 is 0.214 bits per heavy atom. The third kappa shape index (κ3) is 10.6. The maximum atomic E-state index is 10.8. The van der Waals surface area contributed by atoms with E-state index >= 15 is 0 Å². The van der Waals surface area contributed by atoms with Crippen molar-refractivity contribution in [3.8, 4) is 142 Å². The molecule has 0 spiro atoms. The summed E-state index contributed by atoms with van der Waals surface area (Å²) in [5.41, 5.74) is 23.4. The molecule has 0 aliphatic rings. The maximum absolute atomic E-state index is 10.8. The Hall–Kier alpha value is -13.8. The number of fused-ring (bicyclic) bond motifs is 6. The van der Waals surface area contributed by atoms with Crippen molar-refractivity contribution in [3.05, 3.63) is 344 Å². The number of nitrogens with zero attached hydrogens (tertiary/aromatic N) is 8. The Balaban J connectivity index is 0.923. The molecule has 17 rings (SSSR count). The van der Waals surface area contributed by atoms with Gasteiger partial charge in [-0.1, -0.05) is 218 Å². The van der Waals surface area contributed by atoms with E-state index in [1.807, 2.05) is 109 Å². The molecule has 0 unspecified atom stereocenters. The van der Waals surface area contributed by atoms with Gasteiger partial charge in [-0.15, -0.1) is 0 Å². The normalized spacial score (nSPS) is 11.2. The molecular formula is C90H54N8. The van der Waals surface area contributed by atoms with Gasteiger partial charge in [0.1, 0.15) is 0 Å². The minimum atomic E-state index is 0.403. The predicted molar refractivity (Wildman–Crippen MR) is 397 cm³/mol. The monoisotopic (exact) mass is 1250 g/mol. The van der Waals surface area contributed by atoms with Gasteiger partial charge in [0, 0.05) is 49.6 Å². The first-order valence-electron chi connectivity index (χ1n) is 32.5. The van der Waals surface area contributed by atoms with E-state index in [0.29, 0.717) is 45.3 Å². The van der Waals surface area contributed by atoms with Crippen molar-refractivity contribution >= 4 is 43.6 Å². The van der Waals surface area contributed by atoms with Crippen LogP contribution in [0.3, 0.4) is 0 Å². The van der Waals surface area contributed by atoms with Crippen molar-refractivity contribution < 1.29 is 0 Å². The van der Waals surface area contributed by atoms with Crippen LogP contribution >= 0.6 is 0 Å². The Kier molecular flexibility index (Phi) is 14.5. The predicted octanol–water partition coefficient (Wildman–Crippen LogP) is 22.4. The van der Waals surface area contributed by atoms with Gasteiger partial charge >= 0.3 is 0 Å². The highest BCUT2D eigenvalue weighted by Crippen LogP contribution is 2.43. The summed E-state index contributed by atoms with van der Waals surface area (Å²) in [5, 5.41) is 35.6. The zero-order chi connectivity index (χ0) is 65.6. The van der Waals surface area contributed by atoms with Crippen molar-refractivity contribution in [2.45, 2.75) is 0 Å². The molecule has 0 amide bonds. The lowest BCUT2D eigenvalue weighted by atomic mass is 9.97. The molecule has 3 aromatic heterocycles. The van der Waals surface area contributed by atoms with Crippen molar-refractivity contribution in [2.75, 3.05) is 0 Å². The highest BCUT2D eigenvalue weighted by atomic mass is 15.0. The molecule has 0 atom stereocenters. The van der Waals surface area contributed by atoms with E-state index in [-0.39, 0.29) is 0 Å². The van der Waals surface area contributed by atoms with E-state index in [1.54, 1.807) is 0 Å². The lowest BCUT2D eigenvalue weighted by Crippen LogP contribution is -2.03. The molecule has 0 fully saturated rings. The van der Waals surface area contributed by atoms with Crippen molar-refractivity contribution in [1.82, 2.24) is 24.1 Å². The van der Waals surface area contributed by atoms with Crippen LogP contribution in [-0.2, 0) is 0 Å². The standard InChI is InChI=1S/C90H54N8/c91-55-58-29-31-63(32-30-58)64-33-35-65(36-34-64)88-94-89(74-45-72(78-27-15-13-25-70(78)56-92)47-76(49-74)97-84-41-37-66(59-17-5-1-6-18-59)51-80(84)81-52-67(38-42-85(81)97)60-19-7-2-8-20-60)96-90(95-88)75-46-73(79-28-16-14-26-71(79)57-93)48-77(50-75)98-86-43-39-68(61-21-9-3-10-22-61)53-82(86)83-54-69(40-44-87(83)98)62-23-11-4-12-24-62/h1-54H. The molecule has 8 heteroatoms. The Morgan fingerprint density at radius 2 is 0.490 bits per heavy atom. The largest absolute Gasteiger partial charge is 0.309 e. The molecule has 0 saturated carbocycles. The van der Waals surface area contributed by atoms with Crippen LogP contribution in [0.2, 0.25) is 0 Å². The van der Waals surface area contributed by atoms with Gasteiger partial charge in [0.15, 0.2) is 17.5 Å². The molecule has 0 bridgehead atoms. The van der Waals surface area contributed by atoms with Gasteiger partial charge in [-0.3, -0.25) is 0 Å². The quantitative estimate of drug-likeness (QED) is 0.120. The third-order valence-corrected chi connectivity index (χ3v) is 18.7. The first-order valence-corrected chi connectivity index (χ1v) is 32.5. The fourth-order valence-corrected chi connectivity index (χ4v) is 13.9. The summed E-state index contributed by atoms with van der Waals surface area (Å²) < 4.78 is 4.64. The van der Waals surface area contributed by atoms with Crippen LogP contribution in [0.5, 0.6) is 0 Å². The summed E-state index contributed by atoms with van der Waals surface area (Å²) >= 11 is 0. The van der Waals surface area contributed by atoms with Crippen LogP contribution in [0.15, 0.2) is 328 Å². The number of rotatable bonds is 12. The molecular weight excluding hydrogens is 1190 g/mol. The molecule has 0 aliphatic carbocycles. The second-order valence-corrected chi connectivity index (χ2v) is 24.5. The second-order valence-electron chi connectivity index (χ2n) is 24.5. The van der Waals surface area contributed by atoms with Gasteiger partial charge < -0.3 is 9.13 Å². The SMILES string of the molecule is N#Cc1ccc(-c2ccc(-c3nc(-c4cc(-c5ccccc5C#N)cc(-n5c6ccc(-c7ccccc7)cc6c6cc(-c7ccccc7)ccc65)c4)nc(-c4cc(-c5ccccc5C#N)cc(-n5c6ccc(-c7ccccc7)cc6c6cc(-c7ccccc7)ccc65)c4)n3)cc2)cc1. The van der Waals surface area contributed by atoms with Gasteiger partial charge in [-0.25, -0.2) is 15.0 Å². The Bertz CT molecular complexity index is 5590. The number of hydrogen-bond acceptors (Lipinski definition) is 6. The molecule has 0 N–H and O–H groups in total. The van der Waals surface area contributed by atoms with Crippen molar-refractivity contribution in [1.29, 1.82) is 15.8 Å². The number of hydrogen-bond donors (Lipinski definition) is 0. The van der Waals surface area contributed by atoms with Crippen LogP contribution < -0.4 is 0 Å². The smallest absolute Gasteiger partial charge is 0.164 e. The highest BCUT2D eigenvalue weighted by molar-refractivity contribution is 6.13. The first-order chi connectivity index (χ1) is 48.4. The second kappa shape index (κ2) is 24.6. The molecule has 14 aromatic carbocycles. The van der Waals surface area contributed by atoms with Gasteiger partial charge in [0.2, 0.25) is 0 Å². The molecule has 0 radical (unpaired) electrons. The molecule has 17 aromatic rings. The minimum Gasteiger partial charge on any atom is -0.309 e. The fraction of sp³-hybridized carbons (Fsp3) is 0. The van der Waals surface area contributed by atoms with E-state index in [4.69, 9.17) is 15.0 Å². The molecule has 0 aliphatic heterocycles. The van der Waals surface area contributed by atoms with Crippen LogP contribution in [0.4, 0.5) is 0 Å². The van der Waals surface area contributed by atoms with E-state index in [9.17, 15) is 15.8 Å². The minimum absolute atomic E-state index is 0.403. The maximum Gasteiger partial charge on any atom is 0.164 e. The summed E-state index contributed by atoms with van der Waals surface area (Å²) in [6, 6.07) is 120. The lowest BCUT2D eigenvalue weighted by molar-refractivity contribution is 1.07. The van der Waals surface area contributed by atoms with Gasteiger partial charge in [0.25, 0.3) is 0 Å². The van der Waals surface area contributed by atoms with Gasteiger partial charge in [-0.05, 0) is 187 Å². The summed E-state index contributed by atoms with van der Waals surface area (Å²) in [6.07, 6.45) is 0. The summed E-state index contributed by atoms with van der Waals surface area (Å²) in [7, 11) is 0. The molecule has 0 saturated heterocycles. The van der Waals surface area contributed by atoms with Gasteiger partial charge in [-0.2, -0.15) is 15.8 Å². The molecule has 8 nitrogen and oxygen atoms in total. The molecule has 3 heterocycles. The van der Waals surface area contributed by atoms with E-state index < -0.39 is 0 Å². The van der Waals surface area contributed by atoms with E-state index in [2.05, 4.69) is 246 Å². The lowest BCUT2D eigenvalue weighted by Gasteiger charge is -2.16. The zero-order valence-corrected chi connectivity index (χ0v) is 52.8. The number of nitriles is 3. The van der Waals surface area contributed by atoms with Crippen LogP contribution in [-0.4, -0.2) is 24.1 Å². The van der Waals surface area contributed by atoms with Crippen LogP contribution in [0, 0.1) is 34.0 Å². The molecule has 454 valence electrons. The Morgan fingerprint density at radius 3 is 0.827 bits per heavy atom. The molecule has 98 heavy (non-hydrogen) atoms. The number of benzene rings is 14. The van der Waals surface area contributed by atoms with Crippen molar-refractivity contribution in [2.24, 2.45) is 0 Å². The Labute approximate surface area is 566 Å². The van der Waals surface area contributed by atoms with E-state index in [1.165, 1.54) is 0 Å². The average molecular weight is 1250 g/mol. The van der Waals surface area contributed by atoms with Gasteiger partial charge in [0.05, 0.1) is 57.0 Å². The average Bonchev–Trinajstić information content (AvgIpc) is 1.57. The summed E-state index contributed by atoms with van der Waals surface area (Å²) in [4.78, 5) is 16.6. The van der Waals surface area contributed by atoms with Crippen LogP contribution in [0.1, 0.15) is 16.7 Å². The third-order valence-electron chi connectivity index (χ3n) is 18.7. The fourth-order valence-electron chi connectivity index (χ4n) is 13.9.